The molecule has 0 bridgehead atoms. The number of nitrogens with one attached hydrogen (secondary N) is 1. The molecule has 154 valence electrons. The Bertz CT molecular complexity index is 946. The maximum atomic E-state index is 10.5. The number of para-hydroxylation sites is 2. The highest BCUT2D eigenvalue weighted by atomic mass is 16.5. The highest BCUT2D eigenvalue weighted by Crippen LogP contribution is 2.27. The van der Waals surface area contributed by atoms with Gasteiger partial charge in [0, 0.05) is 19.5 Å². The summed E-state index contributed by atoms with van der Waals surface area (Å²) < 4.78 is 8.39. The fourth-order valence-electron chi connectivity index (χ4n) is 3.61. The van der Waals surface area contributed by atoms with E-state index in [4.69, 9.17) is 9.72 Å². The van der Waals surface area contributed by atoms with E-state index in [1.54, 1.807) is 0 Å². The van der Waals surface area contributed by atoms with Gasteiger partial charge in [-0.2, -0.15) is 0 Å². The van der Waals surface area contributed by atoms with E-state index in [1.807, 2.05) is 18.2 Å². The second kappa shape index (κ2) is 10.1. The van der Waals surface area contributed by atoms with E-state index in [9.17, 15) is 4.79 Å². The van der Waals surface area contributed by atoms with Crippen LogP contribution in [0, 0.1) is 6.92 Å². The molecule has 1 amide bonds. The Morgan fingerprint density at radius 2 is 2.00 bits per heavy atom. The monoisotopic (exact) mass is 393 g/mol. The number of nitrogens with zero attached hydrogens (tertiary/aromatic N) is 2. The quantitative estimate of drug-likeness (QED) is 0.382. The van der Waals surface area contributed by atoms with Crippen LogP contribution in [0.25, 0.3) is 11.0 Å². The number of carbonyl (C=O) groups is 1. The number of carbonyl (C=O) groups excluding carboxylic acids is 1. The Labute approximate surface area is 173 Å². The number of fused-ring (bicyclic) bond motifs is 1. The molecular weight excluding hydrogens is 362 g/mol. The third kappa shape index (κ3) is 5.37. The fourth-order valence-corrected chi connectivity index (χ4v) is 3.61. The van der Waals surface area contributed by atoms with Crippen LogP contribution in [-0.2, 0) is 17.8 Å². The Kier molecular flexibility index (Phi) is 7.28. The van der Waals surface area contributed by atoms with Crippen LogP contribution in [-0.4, -0.2) is 29.1 Å². The zero-order valence-electron chi connectivity index (χ0n) is 17.6. The smallest absolute Gasteiger partial charge is 0.207 e. The number of hydrogen-bond acceptors (Lipinski definition) is 3. The van der Waals surface area contributed by atoms with Gasteiger partial charge in [0.15, 0.2) is 0 Å². The maximum Gasteiger partial charge on any atom is 0.207 e. The van der Waals surface area contributed by atoms with Gasteiger partial charge in [-0.1, -0.05) is 38.1 Å². The summed E-state index contributed by atoms with van der Waals surface area (Å²) in [5.41, 5.74) is 4.64. The van der Waals surface area contributed by atoms with Crippen molar-refractivity contribution in [2.45, 2.75) is 52.5 Å². The van der Waals surface area contributed by atoms with Gasteiger partial charge in [0.25, 0.3) is 0 Å². The van der Waals surface area contributed by atoms with E-state index in [-0.39, 0.29) is 0 Å². The summed E-state index contributed by atoms with van der Waals surface area (Å²) in [6.07, 6.45) is 3.45. The van der Waals surface area contributed by atoms with E-state index in [2.05, 4.69) is 54.9 Å². The van der Waals surface area contributed by atoms with Crippen LogP contribution in [0.5, 0.6) is 5.75 Å². The SMILES string of the molecule is Cc1ccc(C(C)C)c(OCCCCn2c(CCNC=O)nc3ccccc32)c1. The maximum absolute atomic E-state index is 10.5. The summed E-state index contributed by atoms with van der Waals surface area (Å²) in [5, 5.41) is 2.73. The number of imidazole rings is 1. The van der Waals surface area contributed by atoms with Crippen LogP contribution in [0.1, 0.15) is 49.6 Å². The largest absolute Gasteiger partial charge is 0.493 e. The molecule has 0 aliphatic carbocycles. The standard InChI is InChI=1S/C24H31N3O2/c1-18(2)20-11-10-19(3)16-23(20)29-15-7-6-14-27-22-9-5-4-8-21(22)26-24(27)12-13-25-17-28/h4-5,8-11,16-18H,6-7,12-15H2,1-3H3,(H,25,28). The second-order valence-corrected chi connectivity index (χ2v) is 7.74. The summed E-state index contributed by atoms with van der Waals surface area (Å²) in [6.45, 7) is 8.69. The molecule has 0 fully saturated rings. The molecule has 0 unspecified atom stereocenters. The third-order valence-corrected chi connectivity index (χ3v) is 5.13. The Morgan fingerprint density at radius 3 is 2.79 bits per heavy atom. The summed E-state index contributed by atoms with van der Waals surface area (Å²) in [6, 6.07) is 14.7. The molecule has 0 atom stereocenters. The van der Waals surface area contributed by atoms with Gasteiger partial charge in [-0.25, -0.2) is 4.98 Å². The molecule has 0 saturated heterocycles. The normalized spacial score (nSPS) is 11.2. The first-order valence-electron chi connectivity index (χ1n) is 10.4. The number of hydrogen-bond donors (Lipinski definition) is 1. The average Bonchev–Trinajstić information content (AvgIpc) is 3.05. The molecule has 5 heteroatoms. The number of aryl methyl sites for hydroxylation is 2. The Hall–Kier alpha value is -2.82. The molecule has 0 aliphatic heterocycles. The number of rotatable bonds is 11. The van der Waals surface area contributed by atoms with Crippen LogP contribution >= 0.6 is 0 Å². The third-order valence-electron chi connectivity index (χ3n) is 5.13. The zero-order valence-corrected chi connectivity index (χ0v) is 17.6. The number of benzene rings is 2. The van der Waals surface area contributed by atoms with Crippen molar-refractivity contribution in [1.82, 2.24) is 14.9 Å². The summed E-state index contributed by atoms with van der Waals surface area (Å²) in [5.74, 6) is 2.47. The minimum Gasteiger partial charge on any atom is -0.493 e. The van der Waals surface area contributed by atoms with Crippen molar-refractivity contribution in [3.8, 4) is 5.75 Å². The van der Waals surface area contributed by atoms with Gasteiger partial charge < -0.3 is 14.6 Å². The lowest BCUT2D eigenvalue weighted by Crippen LogP contribution is -2.17. The first-order chi connectivity index (χ1) is 14.1. The topological polar surface area (TPSA) is 56.1 Å². The van der Waals surface area contributed by atoms with Gasteiger partial charge in [0.05, 0.1) is 17.6 Å². The predicted octanol–water partition coefficient (Wildman–Crippen LogP) is 4.62. The minimum absolute atomic E-state index is 0.449. The first kappa shape index (κ1) is 20.9. The highest BCUT2D eigenvalue weighted by Gasteiger charge is 2.11. The lowest BCUT2D eigenvalue weighted by atomic mass is 10.0. The van der Waals surface area contributed by atoms with E-state index in [0.29, 0.717) is 19.1 Å². The molecule has 0 spiro atoms. The zero-order chi connectivity index (χ0) is 20.6. The molecule has 1 heterocycles. The fraction of sp³-hybridized carbons (Fsp3) is 0.417. The number of amides is 1. The van der Waals surface area contributed by atoms with E-state index in [0.717, 1.165) is 54.8 Å². The van der Waals surface area contributed by atoms with Gasteiger partial charge in [-0.15, -0.1) is 0 Å². The van der Waals surface area contributed by atoms with Crippen LogP contribution in [0.15, 0.2) is 42.5 Å². The molecule has 1 aromatic heterocycles. The average molecular weight is 394 g/mol. The van der Waals surface area contributed by atoms with Crippen molar-refractivity contribution >= 4 is 17.4 Å². The lowest BCUT2D eigenvalue weighted by Gasteiger charge is -2.15. The second-order valence-electron chi connectivity index (χ2n) is 7.74. The molecular formula is C24H31N3O2. The van der Waals surface area contributed by atoms with Gasteiger partial charge in [-0.3, -0.25) is 4.79 Å². The molecule has 0 radical (unpaired) electrons. The number of aromatic nitrogens is 2. The lowest BCUT2D eigenvalue weighted by molar-refractivity contribution is -0.109. The van der Waals surface area contributed by atoms with Crippen molar-refractivity contribution < 1.29 is 9.53 Å². The molecule has 0 saturated carbocycles. The number of unbranched alkanes of at least 4 members (excludes halogenated alkanes) is 1. The van der Waals surface area contributed by atoms with Crippen molar-refractivity contribution in [3.63, 3.8) is 0 Å². The van der Waals surface area contributed by atoms with Gasteiger partial charge in [0.1, 0.15) is 11.6 Å². The van der Waals surface area contributed by atoms with Gasteiger partial charge in [-0.05, 0) is 55.0 Å². The van der Waals surface area contributed by atoms with Gasteiger partial charge in [0.2, 0.25) is 6.41 Å². The summed E-state index contributed by atoms with van der Waals surface area (Å²) in [4.78, 5) is 15.3. The molecule has 3 aromatic rings. The first-order valence-corrected chi connectivity index (χ1v) is 10.4. The van der Waals surface area contributed by atoms with Crippen LogP contribution in [0.2, 0.25) is 0 Å². The van der Waals surface area contributed by atoms with Crippen molar-refractivity contribution in [2.75, 3.05) is 13.2 Å². The van der Waals surface area contributed by atoms with Crippen molar-refractivity contribution in [3.05, 3.63) is 59.4 Å². The van der Waals surface area contributed by atoms with Gasteiger partial charge >= 0.3 is 0 Å². The molecule has 2 aromatic carbocycles. The number of ether oxygens (including phenoxy) is 1. The molecule has 0 aliphatic rings. The van der Waals surface area contributed by atoms with Crippen molar-refractivity contribution in [2.24, 2.45) is 0 Å². The van der Waals surface area contributed by atoms with E-state index >= 15 is 0 Å². The van der Waals surface area contributed by atoms with Crippen LogP contribution in [0.4, 0.5) is 0 Å². The molecule has 1 N–H and O–H groups in total. The Morgan fingerprint density at radius 1 is 1.17 bits per heavy atom. The van der Waals surface area contributed by atoms with E-state index < -0.39 is 0 Å². The van der Waals surface area contributed by atoms with E-state index in [1.165, 1.54) is 11.1 Å². The summed E-state index contributed by atoms with van der Waals surface area (Å²) in [7, 11) is 0. The minimum atomic E-state index is 0.449. The Balaban J connectivity index is 1.59. The van der Waals surface area contributed by atoms with Crippen LogP contribution < -0.4 is 10.1 Å². The predicted molar refractivity (Wildman–Crippen MR) is 118 cm³/mol. The molecule has 5 nitrogen and oxygen atoms in total. The molecule has 29 heavy (non-hydrogen) atoms. The van der Waals surface area contributed by atoms with Crippen LogP contribution in [0.3, 0.4) is 0 Å². The summed E-state index contributed by atoms with van der Waals surface area (Å²) >= 11 is 0. The molecule has 3 rings (SSSR count). The highest BCUT2D eigenvalue weighted by molar-refractivity contribution is 5.75. The van der Waals surface area contributed by atoms with Crippen molar-refractivity contribution in [1.29, 1.82) is 0 Å².